The Balaban J connectivity index is 1.17. The molecule has 13 nitrogen and oxygen atoms in total. The van der Waals surface area contributed by atoms with E-state index in [1.54, 1.807) is 0 Å². The monoisotopic (exact) mass is 779 g/mol. The molecule has 13 heteroatoms. The molecule has 1 amide bonds. The SMILES string of the molecule is CCCCCCCCc1ccc(OCCOCCOCCOCCOCCOCCOCCOCCOCCOCCNC(=O)OCc2ccccc2)cc1. The minimum atomic E-state index is -0.468. The summed E-state index contributed by atoms with van der Waals surface area (Å²) in [6.45, 7) is 12.2. The maximum atomic E-state index is 11.7. The Hall–Kier alpha value is -2.85. The highest BCUT2D eigenvalue weighted by Gasteiger charge is 2.02. The first kappa shape index (κ1) is 48.3. The first-order valence-electron chi connectivity index (χ1n) is 20.1. The number of unbranched alkanes of at least 4 members (excludes halogenated alkanes) is 5. The maximum absolute atomic E-state index is 11.7. The van der Waals surface area contributed by atoms with E-state index in [2.05, 4.69) is 24.4 Å². The Morgan fingerprint density at radius 3 is 1.35 bits per heavy atom. The van der Waals surface area contributed by atoms with E-state index < -0.39 is 6.09 Å². The quantitative estimate of drug-likeness (QED) is 0.0792. The molecule has 0 saturated carbocycles. The molecule has 0 atom stereocenters. The summed E-state index contributed by atoms with van der Waals surface area (Å²) in [5.74, 6) is 0.881. The van der Waals surface area contributed by atoms with E-state index in [9.17, 15) is 4.79 Å². The van der Waals surface area contributed by atoms with Gasteiger partial charge in [0, 0.05) is 6.54 Å². The number of rotatable bonds is 40. The van der Waals surface area contributed by atoms with Gasteiger partial charge in [0.1, 0.15) is 19.0 Å². The van der Waals surface area contributed by atoms with Gasteiger partial charge < -0.3 is 57.4 Å². The third kappa shape index (κ3) is 32.0. The lowest BCUT2D eigenvalue weighted by atomic mass is 10.0. The van der Waals surface area contributed by atoms with Crippen molar-refractivity contribution in [1.29, 1.82) is 0 Å². The van der Waals surface area contributed by atoms with E-state index in [0.29, 0.717) is 132 Å². The summed E-state index contributed by atoms with van der Waals surface area (Å²) in [6.07, 6.45) is 8.60. The third-order valence-electron chi connectivity index (χ3n) is 7.94. The zero-order valence-electron chi connectivity index (χ0n) is 33.4. The minimum Gasteiger partial charge on any atom is -0.491 e. The van der Waals surface area contributed by atoms with Crippen molar-refractivity contribution in [3.8, 4) is 5.75 Å². The van der Waals surface area contributed by atoms with Crippen LogP contribution in [0.1, 0.15) is 56.6 Å². The van der Waals surface area contributed by atoms with Gasteiger partial charge in [0.15, 0.2) is 0 Å². The highest BCUT2D eigenvalue weighted by atomic mass is 16.6. The van der Waals surface area contributed by atoms with Crippen molar-refractivity contribution in [2.24, 2.45) is 0 Å². The van der Waals surface area contributed by atoms with Crippen molar-refractivity contribution in [3.63, 3.8) is 0 Å². The smallest absolute Gasteiger partial charge is 0.407 e. The molecule has 0 bridgehead atoms. The molecule has 0 aromatic heterocycles. The zero-order chi connectivity index (χ0) is 39.0. The third-order valence-corrected chi connectivity index (χ3v) is 7.94. The van der Waals surface area contributed by atoms with Crippen molar-refractivity contribution < 1.29 is 56.9 Å². The van der Waals surface area contributed by atoms with Crippen LogP contribution in [0.15, 0.2) is 54.6 Å². The molecule has 0 unspecified atom stereocenters. The molecule has 0 fully saturated rings. The first-order valence-corrected chi connectivity index (χ1v) is 20.1. The summed E-state index contributed by atoms with van der Waals surface area (Å²) in [4.78, 5) is 11.7. The van der Waals surface area contributed by atoms with Gasteiger partial charge in [-0.05, 0) is 36.1 Å². The number of alkyl carbamates (subject to hydrolysis) is 1. The Labute approximate surface area is 329 Å². The van der Waals surface area contributed by atoms with Crippen molar-refractivity contribution >= 4 is 6.09 Å². The van der Waals surface area contributed by atoms with Crippen LogP contribution in [-0.2, 0) is 60.4 Å². The largest absolute Gasteiger partial charge is 0.491 e. The summed E-state index contributed by atoms with van der Waals surface area (Å²) < 4.78 is 60.5. The van der Waals surface area contributed by atoms with E-state index in [1.807, 2.05) is 42.5 Å². The summed E-state index contributed by atoms with van der Waals surface area (Å²) in [5, 5.41) is 2.65. The van der Waals surface area contributed by atoms with Gasteiger partial charge in [-0.1, -0.05) is 81.5 Å². The topological polar surface area (TPSA) is 131 Å². The number of nitrogens with one attached hydrogen (secondary N) is 1. The van der Waals surface area contributed by atoms with Gasteiger partial charge in [-0.3, -0.25) is 0 Å². The molecular formula is C42H69NO12. The van der Waals surface area contributed by atoms with E-state index >= 15 is 0 Å². The average Bonchev–Trinajstić information content (AvgIpc) is 3.21. The number of benzene rings is 2. The molecule has 314 valence electrons. The minimum absolute atomic E-state index is 0.238. The lowest BCUT2D eigenvalue weighted by Crippen LogP contribution is -2.28. The van der Waals surface area contributed by atoms with Crippen LogP contribution in [0.5, 0.6) is 5.75 Å². The molecule has 55 heavy (non-hydrogen) atoms. The van der Waals surface area contributed by atoms with Gasteiger partial charge in [0.05, 0.1) is 119 Å². The second kappa shape index (κ2) is 38.0. The summed E-state index contributed by atoms with van der Waals surface area (Å²) in [7, 11) is 0. The van der Waals surface area contributed by atoms with Crippen molar-refractivity contribution in [2.45, 2.75) is 58.5 Å². The van der Waals surface area contributed by atoms with E-state index in [0.717, 1.165) is 17.7 Å². The van der Waals surface area contributed by atoms with Crippen molar-refractivity contribution in [1.82, 2.24) is 5.32 Å². The van der Waals surface area contributed by atoms with E-state index in [-0.39, 0.29) is 6.61 Å². The second-order valence-electron chi connectivity index (χ2n) is 12.5. The van der Waals surface area contributed by atoms with Crippen molar-refractivity contribution in [3.05, 3.63) is 65.7 Å². The molecule has 0 spiro atoms. The highest BCUT2D eigenvalue weighted by Crippen LogP contribution is 2.15. The fourth-order valence-corrected chi connectivity index (χ4v) is 4.94. The molecule has 0 aliphatic rings. The van der Waals surface area contributed by atoms with Crippen LogP contribution in [0.3, 0.4) is 0 Å². The predicted octanol–water partition coefficient (Wildman–Crippen LogP) is 6.04. The molecule has 2 aromatic carbocycles. The number of ether oxygens (including phenoxy) is 11. The molecule has 0 aliphatic carbocycles. The fraction of sp³-hybridized carbons (Fsp3) is 0.690. The number of carbonyl (C=O) groups excluding carboxylic acids is 1. The number of aryl methyl sites for hydroxylation is 1. The molecule has 0 saturated heterocycles. The standard InChI is InChI=1S/C42H69NO12/c1-2-3-4-5-6-8-11-39-14-16-41(17-15-39)54-37-36-53-35-34-52-33-32-51-31-30-50-29-28-49-27-26-48-25-24-47-23-22-46-21-20-45-19-18-43-42(44)55-38-40-12-9-7-10-13-40/h7,9-10,12-17H,2-6,8,11,18-38H2,1H3,(H,43,44). The molecule has 2 aromatic rings. The normalized spacial score (nSPS) is 11.2. The van der Waals surface area contributed by atoms with E-state index in [1.165, 1.54) is 44.1 Å². The van der Waals surface area contributed by atoms with Gasteiger partial charge >= 0.3 is 6.09 Å². The predicted molar refractivity (Wildman–Crippen MR) is 211 cm³/mol. The summed E-state index contributed by atoms with van der Waals surface area (Å²) >= 11 is 0. The Morgan fingerprint density at radius 2 is 0.873 bits per heavy atom. The Kier molecular flexibility index (Phi) is 33.4. The van der Waals surface area contributed by atoms with Gasteiger partial charge in [-0.15, -0.1) is 0 Å². The van der Waals surface area contributed by atoms with Gasteiger partial charge in [0.25, 0.3) is 0 Å². The molecule has 0 radical (unpaired) electrons. The molecule has 0 heterocycles. The second-order valence-corrected chi connectivity index (χ2v) is 12.5. The van der Waals surface area contributed by atoms with Crippen LogP contribution in [0.25, 0.3) is 0 Å². The fourth-order valence-electron chi connectivity index (χ4n) is 4.94. The molecular weight excluding hydrogens is 710 g/mol. The van der Waals surface area contributed by atoms with Gasteiger partial charge in [-0.2, -0.15) is 0 Å². The average molecular weight is 780 g/mol. The molecule has 1 N–H and O–H groups in total. The summed E-state index contributed by atoms with van der Waals surface area (Å²) in [5.41, 5.74) is 2.31. The molecule has 0 aliphatic heterocycles. The van der Waals surface area contributed by atoms with Gasteiger partial charge in [0.2, 0.25) is 0 Å². The Bertz CT molecular complexity index is 1100. The van der Waals surface area contributed by atoms with Crippen LogP contribution in [0.4, 0.5) is 4.79 Å². The maximum Gasteiger partial charge on any atom is 0.407 e. The van der Waals surface area contributed by atoms with Crippen molar-refractivity contribution in [2.75, 3.05) is 132 Å². The number of hydrogen-bond acceptors (Lipinski definition) is 12. The van der Waals surface area contributed by atoms with Gasteiger partial charge in [-0.25, -0.2) is 4.79 Å². The number of amides is 1. The van der Waals surface area contributed by atoms with Crippen LogP contribution in [0.2, 0.25) is 0 Å². The highest BCUT2D eigenvalue weighted by molar-refractivity contribution is 5.67. The van der Waals surface area contributed by atoms with Crippen LogP contribution in [0, 0.1) is 0 Å². The molecule has 2 rings (SSSR count). The first-order chi connectivity index (χ1) is 27.3. The van der Waals surface area contributed by atoms with Crippen LogP contribution in [-0.4, -0.2) is 138 Å². The number of hydrogen-bond donors (Lipinski definition) is 1. The van der Waals surface area contributed by atoms with E-state index in [4.69, 9.17) is 52.1 Å². The summed E-state index contributed by atoms with van der Waals surface area (Å²) in [6, 6.07) is 17.9. The zero-order valence-corrected chi connectivity index (χ0v) is 33.4. The Morgan fingerprint density at radius 1 is 0.455 bits per heavy atom. The number of carbonyl (C=O) groups is 1. The van der Waals surface area contributed by atoms with Crippen LogP contribution >= 0.6 is 0 Å². The van der Waals surface area contributed by atoms with Crippen LogP contribution < -0.4 is 10.1 Å². The lowest BCUT2D eigenvalue weighted by molar-refractivity contribution is -0.0253. The lowest BCUT2D eigenvalue weighted by Gasteiger charge is -2.09.